The van der Waals surface area contributed by atoms with E-state index in [1.165, 1.54) is 0 Å². The van der Waals surface area contributed by atoms with E-state index in [1.807, 2.05) is 12.1 Å². The Morgan fingerprint density at radius 1 is 1.50 bits per heavy atom. The zero-order chi connectivity index (χ0) is 9.97. The summed E-state index contributed by atoms with van der Waals surface area (Å²) in [6.07, 6.45) is 0.387. The third kappa shape index (κ3) is 1.74. The van der Waals surface area contributed by atoms with E-state index in [0.29, 0.717) is 19.8 Å². The monoisotopic (exact) mass is 253 g/mol. The van der Waals surface area contributed by atoms with Crippen LogP contribution < -0.4 is 4.74 Å². The first-order chi connectivity index (χ1) is 6.81. The molecule has 0 aromatic heterocycles. The molecule has 0 radical (unpaired) electrons. The molecule has 0 aliphatic carbocycles. The van der Waals surface area contributed by atoms with Crippen molar-refractivity contribution >= 4 is 15.9 Å². The molecule has 0 N–H and O–H groups in total. The fourth-order valence-electron chi connectivity index (χ4n) is 1.36. The average molecular weight is 254 g/mol. The molecule has 0 amide bonds. The standard InChI is InChI=1S/C10H8BrNO2/c11-9-3-8-5-13-6-14-10(8)4-7(9)1-2-12/h3-4H,1,5-6H2. The Morgan fingerprint density at radius 2 is 2.36 bits per heavy atom. The first-order valence-electron chi connectivity index (χ1n) is 4.20. The lowest BCUT2D eigenvalue weighted by atomic mass is 10.1. The Bertz CT molecular complexity index is 398. The summed E-state index contributed by atoms with van der Waals surface area (Å²) in [4.78, 5) is 0. The van der Waals surface area contributed by atoms with Crippen LogP contribution in [0.4, 0.5) is 0 Å². The molecule has 1 aliphatic heterocycles. The lowest BCUT2D eigenvalue weighted by Gasteiger charge is -2.18. The molecule has 3 nitrogen and oxygen atoms in total. The topological polar surface area (TPSA) is 42.2 Å². The molecule has 1 heterocycles. The van der Waals surface area contributed by atoms with Crippen LogP contribution in [0.5, 0.6) is 5.75 Å². The molecule has 0 spiro atoms. The Labute approximate surface area is 90.4 Å². The summed E-state index contributed by atoms with van der Waals surface area (Å²) in [7, 11) is 0. The third-order valence-corrected chi connectivity index (χ3v) is 2.79. The van der Waals surface area contributed by atoms with Crippen LogP contribution in [0.25, 0.3) is 0 Å². The number of hydrogen-bond donors (Lipinski definition) is 0. The van der Waals surface area contributed by atoms with E-state index in [0.717, 1.165) is 21.3 Å². The maximum atomic E-state index is 8.61. The molecule has 1 aromatic carbocycles. The Hall–Kier alpha value is -1.05. The van der Waals surface area contributed by atoms with Gasteiger partial charge < -0.3 is 9.47 Å². The van der Waals surface area contributed by atoms with Gasteiger partial charge in [-0.1, -0.05) is 15.9 Å². The Kier molecular flexibility index (Phi) is 2.71. The molecule has 14 heavy (non-hydrogen) atoms. The molecule has 1 aromatic rings. The van der Waals surface area contributed by atoms with Gasteiger partial charge in [0.15, 0.2) is 6.79 Å². The van der Waals surface area contributed by atoms with Gasteiger partial charge in [-0.15, -0.1) is 0 Å². The van der Waals surface area contributed by atoms with Crippen molar-refractivity contribution < 1.29 is 9.47 Å². The minimum absolute atomic E-state index is 0.292. The molecule has 0 saturated heterocycles. The van der Waals surface area contributed by atoms with Crippen molar-refractivity contribution in [1.82, 2.24) is 0 Å². The van der Waals surface area contributed by atoms with Crippen molar-refractivity contribution in [2.45, 2.75) is 13.0 Å². The van der Waals surface area contributed by atoms with E-state index in [9.17, 15) is 0 Å². The molecule has 2 rings (SSSR count). The average Bonchev–Trinajstić information content (AvgIpc) is 2.19. The van der Waals surface area contributed by atoms with Gasteiger partial charge in [0, 0.05) is 10.0 Å². The second kappa shape index (κ2) is 3.99. The molecular weight excluding hydrogens is 246 g/mol. The highest BCUT2D eigenvalue weighted by molar-refractivity contribution is 9.10. The van der Waals surface area contributed by atoms with Crippen LogP contribution >= 0.6 is 15.9 Å². The largest absolute Gasteiger partial charge is 0.467 e. The van der Waals surface area contributed by atoms with Crippen molar-refractivity contribution in [3.63, 3.8) is 0 Å². The lowest BCUT2D eigenvalue weighted by Crippen LogP contribution is -2.11. The summed E-state index contributed by atoms with van der Waals surface area (Å²) < 4.78 is 11.4. The van der Waals surface area contributed by atoms with Crippen molar-refractivity contribution in [1.29, 1.82) is 5.26 Å². The molecule has 0 atom stereocenters. The van der Waals surface area contributed by atoms with E-state index >= 15 is 0 Å². The quantitative estimate of drug-likeness (QED) is 0.772. The smallest absolute Gasteiger partial charge is 0.189 e. The second-order valence-corrected chi connectivity index (χ2v) is 3.85. The van der Waals surface area contributed by atoms with E-state index < -0.39 is 0 Å². The first kappa shape index (κ1) is 9.50. The molecule has 0 fully saturated rings. The Balaban J connectivity index is 2.41. The van der Waals surface area contributed by atoms with Gasteiger partial charge in [0.1, 0.15) is 5.75 Å². The summed E-state index contributed by atoms with van der Waals surface area (Å²) >= 11 is 3.41. The molecular formula is C10H8BrNO2. The predicted molar refractivity (Wildman–Crippen MR) is 53.7 cm³/mol. The Morgan fingerprint density at radius 3 is 3.14 bits per heavy atom. The third-order valence-electron chi connectivity index (χ3n) is 2.05. The van der Waals surface area contributed by atoms with E-state index in [2.05, 4.69) is 22.0 Å². The van der Waals surface area contributed by atoms with Crippen molar-refractivity contribution in [3.8, 4) is 11.8 Å². The van der Waals surface area contributed by atoms with Crippen LogP contribution in [0.2, 0.25) is 0 Å². The number of nitrogens with zero attached hydrogens (tertiary/aromatic N) is 1. The van der Waals surface area contributed by atoms with Crippen LogP contribution in [0, 0.1) is 11.3 Å². The highest BCUT2D eigenvalue weighted by Crippen LogP contribution is 2.30. The molecule has 0 bridgehead atoms. The molecule has 4 heteroatoms. The van der Waals surface area contributed by atoms with E-state index in [4.69, 9.17) is 14.7 Å². The number of halogens is 1. The van der Waals surface area contributed by atoms with Crippen LogP contribution in [-0.4, -0.2) is 6.79 Å². The fraction of sp³-hybridized carbons (Fsp3) is 0.300. The van der Waals surface area contributed by atoms with Gasteiger partial charge in [0.05, 0.1) is 19.1 Å². The zero-order valence-electron chi connectivity index (χ0n) is 7.42. The van der Waals surface area contributed by atoms with E-state index in [1.54, 1.807) is 0 Å². The minimum atomic E-state index is 0.292. The van der Waals surface area contributed by atoms with Crippen molar-refractivity contribution in [2.75, 3.05) is 6.79 Å². The molecule has 1 aliphatic rings. The van der Waals surface area contributed by atoms with Gasteiger partial charge in [0.25, 0.3) is 0 Å². The normalized spacial score (nSPS) is 14.0. The van der Waals surface area contributed by atoms with Crippen molar-refractivity contribution in [3.05, 3.63) is 27.7 Å². The predicted octanol–water partition coefficient (Wildman–Crippen LogP) is 2.38. The van der Waals surface area contributed by atoms with Gasteiger partial charge in [-0.25, -0.2) is 0 Å². The van der Waals surface area contributed by atoms with Gasteiger partial charge in [-0.05, 0) is 17.7 Å². The highest BCUT2D eigenvalue weighted by Gasteiger charge is 2.13. The maximum absolute atomic E-state index is 8.61. The summed E-state index contributed by atoms with van der Waals surface area (Å²) in [6.45, 7) is 0.862. The van der Waals surface area contributed by atoms with Gasteiger partial charge in [0.2, 0.25) is 0 Å². The van der Waals surface area contributed by atoms with Crippen molar-refractivity contribution in [2.24, 2.45) is 0 Å². The van der Waals surface area contributed by atoms with Gasteiger partial charge in [-0.2, -0.15) is 5.26 Å². The lowest BCUT2D eigenvalue weighted by molar-refractivity contribution is -0.0164. The minimum Gasteiger partial charge on any atom is -0.467 e. The molecule has 0 saturated carbocycles. The number of nitriles is 1. The van der Waals surface area contributed by atoms with Gasteiger partial charge >= 0.3 is 0 Å². The number of rotatable bonds is 1. The molecule has 72 valence electrons. The number of benzene rings is 1. The number of ether oxygens (including phenoxy) is 2. The fourth-order valence-corrected chi connectivity index (χ4v) is 1.89. The summed E-state index contributed by atoms with van der Waals surface area (Å²) in [5.74, 6) is 0.824. The van der Waals surface area contributed by atoms with Crippen LogP contribution in [0.3, 0.4) is 0 Å². The van der Waals surface area contributed by atoms with E-state index in [-0.39, 0.29) is 0 Å². The summed E-state index contributed by atoms with van der Waals surface area (Å²) in [6, 6.07) is 5.95. The SMILES string of the molecule is N#CCc1cc2c(cc1Br)COCO2. The van der Waals surface area contributed by atoms with Crippen LogP contribution in [0.15, 0.2) is 16.6 Å². The number of fused-ring (bicyclic) bond motifs is 1. The summed E-state index contributed by atoms with van der Waals surface area (Å²) in [5.41, 5.74) is 1.97. The molecule has 0 unspecified atom stereocenters. The highest BCUT2D eigenvalue weighted by atomic mass is 79.9. The second-order valence-electron chi connectivity index (χ2n) is 3.00. The van der Waals surface area contributed by atoms with Crippen LogP contribution in [-0.2, 0) is 17.8 Å². The number of hydrogen-bond acceptors (Lipinski definition) is 3. The van der Waals surface area contributed by atoms with Crippen LogP contribution in [0.1, 0.15) is 11.1 Å². The summed E-state index contributed by atoms with van der Waals surface area (Å²) in [5, 5.41) is 8.61. The van der Waals surface area contributed by atoms with Gasteiger partial charge in [-0.3, -0.25) is 0 Å². The first-order valence-corrected chi connectivity index (χ1v) is 4.99. The maximum Gasteiger partial charge on any atom is 0.189 e. The zero-order valence-corrected chi connectivity index (χ0v) is 9.00.